The van der Waals surface area contributed by atoms with Crippen LogP contribution in [-0.4, -0.2) is 22.2 Å². The molecule has 2 N–H and O–H groups in total. The van der Waals surface area contributed by atoms with Gasteiger partial charge in [0.25, 0.3) is 0 Å². The third-order valence-corrected chi connectivity index (χ3v) is 5.22. The molecule has 2 saturated heterocycles. The van der Waals surface area contributed by atoms with Crippen LogP contribution < -0.4 is 10.6 Å². The molecule has 2 heterocycles. The second-order valence-corrected chi connectivity index (χ2v) is 10.6. The Morgan fingerprint density at radius 1 is 0.571 bits per heavy atom. The van der Waals surface area contributed by atoms with Crippen LogP contribution in [0.1, 0.15) is 87.5 Å². The summed E-state index contributed by atoms with van der Waals surface area (Å²) in [6.45, 7) is 19.0. The average molecular weight is 295 g/mol. The SMILES string of the molecule is CC1(C)CC(CC2CC(C)(C)NC(C)(C)C2)CC(C)(C)N1. The highest BCUT2D eigenvalue weighted by Crippen LogP contribution is 2.41. The third kappa shape index (κ3) is 4.96. The van der Waals surface area contributed by atoms with E-state index >= 15 is 0 Å². The topological polar surface area (TPSA) is 24.1 Å². The van der Waals surface area contributed by atoms with Crippen molar-refractivity contribution in [1.29, 1.82) is 0 Å². The van der Waals surface area contributed by atoms with Crippen LogP contribution in [0, 0.1) is 11.8 Å². The molecular formula is C19H38N2. The molecule has 124 valence electrons. The lowest BCUT2D eigenvalue weighted by molar-refractivity contribution is 0.0743. The van der Waals surface area contributed by atoms with Gasteiger partial charge in [-0.3, -0.25) is 0 Å². The summed E-state index contributed by atoms with van der Waals surface area (Å²) in [7, 11) is 0. The van der Waals surface area contributed by atoms with Gasteiger partial charge in [0.15, 0.2) is 0 Å². The summed E-state index contributed by atoms with van der Waals surface area (Å²) in [5.41, 5.74) is 1.13. The van der Waals surface area contributed by atoms with E-state index in [9.17, 15) is 0 Å². The number of rotatable bonds is 2. The molecule has 0 radical (unpaired) electrons. The van der Waals surface area contributed by atoms with E-state index in [1.807, 2.05) is 0 Å². The Morgan fingerprint density at radius 2 is 0.810 bits per heavy atom. The van der Waals surface area contributed by atoms with E-state index in [0.717, 1.165) is 11.8 Å². The van der Waals surface area contributed by atoms with E-state index in [4.69, 9.17) is 0 Å². The molecule has 2 rings (SSSR count). The molecule has 0 unspecified atom stereocenters. The van der Waals surface area contributed by atoms with Crippen molar-refractivity contribution in [3.63, 3.8) is 0 Å². The lowest BCUT2D eigenvalue weighted by atomic mass is 9.68. The van der Waals surface area contributed by atoms with E-state index < -0.39 is 0 Å². The van der Waals surface area contributed by atoms with Crippen molar-refractivity contribution in [2.45, 2.75) is 110 Å². The van der Waals surface area contributed by atoms with Crippen molar-refractivity contribution < 1.29 is 0 Å². The monoisotopic (exact) mass is 294 g/mol. The van der Waals surface area contributed by atoms with Gasteiger partial charge in [-0.15, -0.1) is 0 Å². The highest BCUT2D eigenvalue weighted by atomic mass is 15.1. The summed E-state index contributed by atoms with van der Waals surface area (Å²) in [4.78, 5) is 0. The summed E-state index contributed by atoms with van der Waals surface area (Å²) in [5.74, 6) is 1.73. The van der Waals surface area contributed by atoms with Crippen LogP contribution in [0.5, 0.6) is 0 Å². The molecule has 0 bridgehead atoms. The van der Waals surface area contributed by atoms with Gasteiger partial charge in [-0.1, -0.05) is 0 Å². The standard InChI is InChI=1S/C19H38N2/c1-16(2)10-14(11-17(3,4)20-16)9-15-12-18(5,6)21-19(7,8)13-15/h14-15,20-21H,9-13H2,1-8H3. The van der Waals surface area contributed by atoms with Crippen molar-refractivity contribution in [1.82, 2.24) is 10.6 Å². The third-order valence-electron chi connectivity index (χ3n) is 5.22. The van der Waals surface area contributed by atoms with Gasteiger partial charge in [-0.05, 0) is 99.3 Å². The van der Waals surface area contributed by atoms with Gasteiger partial charge >= 0.3 is 0 Å². The Kier molecular flexibility index (Phi) is 4.30. The molecule has 0 amide bonds. The Labute approximate surface area is 132 Å². The summed E-state index contributed by atoms with van der Waals surface area (Å²) in [6, 6.07) is 0. The van der Waals surface area contributed by atoms with Gasteiger partial charge in [0.05, 0.1) is 0 Å². The first-order chi connectivity index (χ1) is 9.28. The van der Waals surface area contributed by atoms with Crippen molar-refractivity contribution >= 4 is 0 Å². The van der Waals surface area contributed by atoms with Gasteiger partial charge < -0.3 is 10.6 Å². The molecule has 0 aromatic rings. The quantitative estimate of drug-likeness (QED) is 0.784. The number of hydrogen-bond donors (Lipinski definition) is 2. The summed E-state index contributed by atoms with van der Waals surface area (Å²) >= 11 is 0. The van der Waals surface area contributed by atoms with Crippen molar-refractivity contribution in [2.24, 2.45) is 11.8 Å². The molecule has 2 heteroatoms. The van der Waals surface area contributed by atoms with Crippen LogP contribution in [0.3, 0.4) is 0 Å². The van der Waals surface area contributed by atoms with Crippen molar-refractivity contribution in [2.75, 3.05) is 0 Å². The van der Waals surface area contributed by atoms with Crippen molar-refractivity contribution in [3.05, 3.63) is 0 Å². The van der Waals surface area contributed by atoms with Crippen LogP contribution in [0.15, 0.2) is 0 Å². The molecule has 0 atom stereocenters. The minimum absolute atomic E-state index is 0.282. The molecule has 21 heavy (non-hydrogen) atoms. The molecule has 2 aliphatic heterocycles. The fourth-order valence-electron chi connectivity index (χ4n) is 5.87. The summed E-state index contributed by atoms with van der Waals surface area (Å²) < 4.78 is 0. The zero-order valence-electron chi connectivity index (χ0n) is 15.7. The lowest BCUT2D eigenvalue weighted by Gasteiger charge is -2.50. The van der Waals surface area contributed by atoms with E-state index in [1.54, 1.807) is 0 Å². The molecule has 0 aromatic carbocycles. The van der Waals surface area contributed by atoms with E-state index in [2.05, 4.69) is 66.0 Å². The molecule has 0 aromatic heterocycles. The van der Waals surface area contributed by atoms with Gasteiger partial charge in [-0.2, -0.15) is 0 Å². The second kappa shape index (κ2) is 5.23. The number of piperidine rings is 2. The molecule has 0 spiro atoms. The van der Waals surface area contributed by atoms with Gasteiger partial charge in [0.1, 0.15) is 0 Å². The minimum atomic E-state index is 0.282. The largest absolute Gasteiger partial charge is 0.307 e. The molecule has 2 nitrogen and oxygen atoms in total. The minimum Gasteiger partial charge on any atom is -0.307 e. The maximum atomic E-state index is 3.82. The molecule has 0 aliphatic carbocycles. The van der Waals surface area contributed by atoms with Crippen LogP contribution in [0.25, 0.3) is 0 Å². The van der Waals surface area contributed by atoms with Crippen LogP contribution in [0.2, 0.25) is 0 Å². The molecule has 2 fully saturated rings. The Morgan fingerprint density at radius 3 is 1.05 bits per heavy atom. The van der Waals surface area contributed by atoms with Crippen LogP contribution >= 0.6 is 0 Å². The predicted octanol–water partition coefficient (Wildman–Crippen LogP) is 4.49. The van der Waals surface area contributed by atoms with Crippen LogP contribution in [-0.2, 0) is 0 Å². The zero-order chi connectivity index (χ0) is 16.1. The first-order valence-electron chi connectivity index (χ1n) is 8.86. The maximum absolute atomic E-state index is 3.82. The second-order valence-electron chi connectivity index (χ2n) is 10.6. The first kappa shape index (κ1) is 17.3. The first-order valence-corrected chi connectivity index (χ1v) is 8.86. The Hall–Kier alpha value is -0.0800. The normalized spacial score (nSPS) is 32.0. The van der Waals surface area contributed by atoms with Crippen molar-refractivity contribution in [3.8, 4) is 0 Å². The zero-order valence-corrected chi connectivity index (χ0v) is 15.7. The number of hydrogen-bond acceptors (Lipinski definition) is 2. The number of nitrogens with one attached hydrogen (secondary N) is 2. The average Bonchev–Trinajstić information content (AvgIpc) is 2.04. The van der Waals surface area contributed by atoms with Gasteiger partial charge in [-0.25, -0.2) is 0 Å². The van der Waals surface area contributed by atoms with Gasteiger partial charge in [0, 0.05) is 22.2 Å². The molecular weight excluding hydrogens is 256 g/mol. The molecule has 0 saturated carbocycles. The Balaban J connectivity index is 2.03. The van der Waals surface area contributed by atoms with Gasteiger partial charge in [0.2, 0.25) is 0 Å². The molecule has 2 aliphatic rings. The smallest absolute Gasteiger partial charge is 0.0132 e. The fourth-order valence-corrected chi connectivity index (χ4v) is 5.87. The predicted molar refractivity (Wildman–Crippen MR) is 92.7 cm³/mol. The van der Waals surface area contributed by atoms with E-state index in [-0.39, 0.29) is 22.2 Å². The van der Waals surface area contributed by atoms with E-state index in [1.165, 1.54) is 32.1 Å². The fraction of sp³-hybridized carbons (Fsp3) is 1.00. The maximum Gasteiger partial charge on any atom is 0.0132 e. The van der Waals surface area contributed by atoms with E-state index in [0.29, 0.717) is 0 Å². The highest BCUT2D eigenvalue weighted by Gasteiger charge is 2.42. The van der Waals surface area contributed by atoms with Crippen LogP contribution in [0.4, 0.5) is 0 Å². The summed E-state index contributed by atoms with van der Waals surface area (Å²) in [5, 5.41) is 7.64. The lowest BCUT2D eigenvalue weighted by Crippen LogP contribution is -2.59. The summed E-state index contributed by atoms with van der Waals surface area (Å²) in [6.07, 6.45) is 6.69. The highest BCUT2D eigenvalue weighted by molar-refractivity contribution is 5.00. The Bertz CT molecular complexity index is 311.